The van der Waals surface area contributed by atoms with Gasteiger partial charge < -0.3 is 14.6 Å². The van der Waals surface area contributed by atoms with E-state index in [4.69, 9.17) is 4.74 Å². The molecule has 0 bridgehead atoms. The van der Waals surface area contributed by atoms with Crippen LogP contribution in [-0.4, -0.2) is 27.8 Å². The number of nitrogens with one attached hydrogen (secondary N) is 1. The Morgan fingerprint density at radius 3 is 2.76 bits per heavy atom. The fraction of sp³-hybridized carbons (Fsp3) is 0.667. The zero-order chi connectivity index (χ0) is 12.9. The van der Waals surface area contributed by atoms with Crippen LogP contribution in [0.1, 0.15) is 33.4 Å². The lowest BCUT2D eigenvalue weighted by Crippen LogP contribution is -2.33. The van der Waals surface area contributed by atoms with Crippen molar-refractivity contribution in [2.45, 2.75) is 46.3 Å². The Balaban J connectivity index is 2.26. The van der Waals surface area contributed by atoms with Crippen LogP contribution in [0.2, 0.25) is 0 Å². The van der Waals surface area contributed by atoms with Crippen LogP contribution < -0.4 is 5.32 Å². The Kier molecular flexibility index (Phi) is 4.54. The largest absolute Gasteiger partial charge is 0.444 e. The summed E-state index contributed by atoms with van der Waals surface area (Å²) in [5.41, 5.74) is 0.524. The summed E-state index contributed by atoms with van der Waals surface area (Å²) in [4.78, 5) is 15.6. The molecule has 0 saturated heterocycles. The van der Waals surface area contributed by atoms with Gasteiger partial charge in [0, 0.05) is 25.7 Å². The molecule has 1 aromatic heterocycles. The topological polar surface area (TPSA) is 56.2 Å². The second-order valence-corrected chi connectivity index (χ2v) is 4.87. The lowest BCUT2D eigenvalue weighted by atomic mass is 10.2. The van der Waals surface area contributed by atoms with Gasteiger partial charge in [0.2, 0.25) is 0 Å². The molecule has 1 heterocycles. The van der Waals surface area contributed by atoms with Crippen molar-refractivity contribution in [3.8, 4) is 0 Å². The normalized spacial score (nSPS) is 11.3. The maximum absolute atomic E-state index is 11.4. The van der Waals surface area contributed by atoms with Gasteiger partial charge in [-0.15, -0.1) is 0 Å². The average molecular weight is 239 g/mol. The van der Waals surface area contributed by atoms with Crippen LogP contribution in [0.15, 0.2) is 12.5 Å². The monoisotopic (exact) mass is 239 g/mol. The number of carbonyl (C=O) groups excluding carboxylic acids is 1. The molecular weight excluding hydrogens is 218 g/mol. The Morgan fingerprint density at radius 2 is 2.24 bits per heavy atom. The molecule has 1 N–H and O–H groups in total. The van der Waals surface area contributed by atoms with Crippen LogP contribution in [0.5, 0.6) is 0 Å². The molecule has 1 amide bonds. The zero-order valence-electron chi connectivity index (χ0n) is 11.0. The Bertz CT molecular complexity index is 366. The maximum Gasteiger partial charge on any atom is 0.407 e. The van der Waals surface area contributed by atoms with Crippen LogP contribution in [0.3, 0.4) is 0 Å². The molecule has 0 aliphatic heterocycles. The lowest BCUT2D eigenvalue weighted by Gasteiger charge is -2.19. The van der Waals surface area contributed by atoms with Crippen LogP contribution >= 0.6 is 0 Å². The minimum absolute atomic E-state index is 0.382. The average Bonchev–Trinajstić information content (AvgIpc) is 2.63. The standard InChI is InChI=1S/C12H21N3O2/c1-5-15-8-10(14-9-15)6-7-13-11(16)17-12(2,3)4/h8-9H,5-7H2,1-4H3,(H,13,16). The predicted molar refractivity (Wildman–Crippen MR) is 65.8 cm³/mol. The van der Waals surface area contributed by atoms with Crippen molar-refractivity contribution in [2.24, 2.45) is 0 Å². The molecule has 0 unspecified atom stereocenters. The minimum Gasteiger partial charge on any atom is -0.444 e. The third kappa shape index (κ3) is 5.38. The molecule has 0 aromatic carbocycles. The molecule has 0 aliphatic carbocycles. The number of alkyl carbamates (subject to hydrolysis) is 1. The van der Waals surface area contributed by atoms with E-state index in [0.29, 0.717) is 13.0 Å². The summed E-state index contributed by atoms with van der Waals surface area (Å²) in [6.07, 6.45) is 4.11. The van der Waals surface area contributed by atoms with Crippen molar-refractivity contribution in [1.29, 1.82) is 0 Å². The van der Waals surface area contributed by atoms with Crippen molar-refractivity contribution in [3.63, 3.8) is 0 Å². The van der Waals surface area contributed by atoms with Gasteiger partial charge in [-0.25, -0.2) is 9.78 Å². The van der Waals surface area contributed by atoms with Gasteiger partial charge in [0.05, 0.1) is 12.0 Å². The summed E-state index contributed by atoms with van der Waals surface area (Å²) in [7, 11) is 0. The first-order chi connectivity index (χ1) is 7.90. The number of hydrogen-bond donors (Lipinski definition) is 1. The summed E-state index contributed by atoms with van der Waals surface area (Å²) < 4.78 is 7.13. The number of aryl methyl sites for hydroxylation is 1. The molecule has 0 atom stereocenters. The van der Waals surface area contributed by atoms with E-state index >= 15 is 0 Å². The third-order valence-corrected chi connectivity index (χ3v) is 2.10. The number of rotatable bonds is 4. The molecule has 1 rings (SSSR count). The molecule has 1 aromatic rings. The molecule has 0 fully saturated rings. The van der Waals surface area contributed by atoms with E-state index in [1.807, 2.05) is 31.5 Å². The third-order valence-electron chi connectivity index (χ3n) is 2.10. The Hall–Kier alpha value is -1.52. The van der Waals surface area contributed by atoms with Gasteiger partial charge in [0.15, 0.2) is 0 Å². The number of carbonyl (C=O) groups is 1. The minimum atomic E-state index is -0.451. The van der Waals surface area contributed by atoms with Gasteiger partial charge in [-0.3, -0.25) is 0 Å². The van der Waals surface area contributed by atoms with Crippen molar-refractivity contribution < 1.29 is 9.53 Å². The van der Waals surface area contributed by atoms with E-state index in [1.54, 1.807) is 6.33 Å². The Morgan fingerprint density at radius 1 is 1.53 bits per heavy atom. The first-order valence-electron chi connectivity index (χ1n) is 5.88. The molecule has 17 heavy (non-hydrogen) atoms. The van der Waals surface area contributed by atoms with Crippen molar-refractivity contribution in [2.75, 3.05) is 6.54 Å². The van der Waals surface area contributed by atoms with Crippen LogP contribution in [0.25, 0.3) is 0 Å². The smallest absolute Gasteiger partial charge is 0.407 e. The quantitative estimate of drug-likeness (QED) is 0.874. The highest BCUT2D eigenvalue weighted by atomic mass is 16.6. The highest BCUT2D eigenvalue weighted by Gasteiger charge is 2.15. The van der Waals surface area contributed by atoms with E-state index in [0.717, 1.165) is 12.2 Å². The van der Waals surface area contributed by atoms with Crippen molar-refractivity contribution in [1.82, 2.24) is 14.9 Å². The first-order valence-corrected chi connectivity index (χ1v) is 5.88. The number of amides is 1. The van der Waals surface area contributed by atoms with Crippen molar-refractivity contribution >= 4 is 6.09 Å². The second-order valence-electron chi connectivity index (χ2n) is 4.87. The van der Waals surface area contributed by atoms with E-state index in [9.17, 15) is 4.79 Å². The highest BCUT2D eigenvalue weighted by molar-refractivity contribution is 5.67. The molecule has 5 nitrogen and oxygen atoms in total. The summed E-state index contributed by atoms with van der Waals surface area (Å²) in [5, 5.41) is 2.70. The molecule has 0 aliphatic rings. The fourth-order valence-corrected chi connectivity index (χ4v) is 1.32. The van der Waals surface area contributed by atoms with Gasteiger partial charge in [0.1, 0.15) is 5.60 Å². The first kappa shape index (κ1) is 13.5. The van der Waals surface area contributed by atoms with Gasteiger partial charge in [-0.05, 0) is 27.7 Å². The van der Waals surface area contributed by atoms with E-state index in [2.05, 4.69) is 17.2 Å². The summed E-state index contributed by atoms with van der Waals surface area (Å²) >= 11 is 0. The number of ether oxygens (including phenoxy) is 1. The fourth-order valence-electron chi connectivity index (χ4n) is 1.32. The summed E-state index contributed by atoms with van der Waals surface area (Å²) in [6, 6.07) is 0. The molecular formula is C12H21N3O2. The number of aromatic nitrogens is 2. The van der Waals surface area contributed by atoms with Crippen LogP contribution in [-0.2, 0) is 17.7 Å². The van der Waals surface area contributed by atoms with Gasteiger partial charge in [-0.1, -0.05) is 0 Å². The number of nitrogens with zero attached hydrogens (tertiary/aromatic N) is 2. The summed E-state index contributed by atoms with van der Waals surface area (Å²) in [6.45, 7) is 9.03. The molecule has 5 heteroatoms. The van der Waals surface area contributed by atoms with Crippen LogP contribution in [0, 0.1) is 0 Å². The van der Waals surface area contributed by atoms with Gasteiger partial charge in [0.25, 0.3) is 0 Å². The molecule has 0 spiro atoms. The second kappa shape index (κ2) is 5.70. The number of hydrogen-bond acceptors (Lipinski definition) is 3. The highest BCUT2D eigenvalue weighted by Crippen LogP contribution is 2.06. The number of imidazole rings is 1. The van der Waals surface area contributed by atoms with Crippen molar-refractivity contribution in [3.05, 3.63) is 18.2 Å². The predicted octanol–water partition coefficient (Wildman–Crippen LogP) is 1.97. The molecule has 0 radical (unpaired) electrons. The SMILES string of the molecule is CCn1cnc(CCNC(=O)OC(C)(C)C)c1. The maximum atomic E-state index is 11.4. The Labute approximate surface area is 102 Å². The van der Waals surface area contributed by atoms with Crippen LogP contribution in [0.4, 0.5) is 4.79 Å². The van der Waals surface area contributed by atoms with E-state index in [1.165, 1.54) is 0 Å². The van der Waals surface area contributed by atoms with E-state index in [-0.39, 0.29) is 6.09 Å². The zero-order valence-corrected chi connectivity index (χ0v) is 11.0. The summed E-state index contributed by atoms with van der Waals surface area (Å²) in [5.74, 6) is 0. The lowest BCUT2D eigenvalue weighted by molar-refractivity contribution is 0.0528. The molecule has 96 valence electrons. The van der Waals surface area contributed by atoms with Gasteiger partial charge in [-0.2, -0.15) is 0 Å². The van der Waals surface area contributed by atoms with E-state index < -0.39 is 5.60 Å². The molecule has 0 saturated carbocycles. The van der Waals surface area contributed by atoms with Gasteiger partial charge >= 0.3 is 6.09 Å².